The number of nitrogens with zero attached hydrogens (tertiary/aromatic N) is 4. The van der Waals surface area contributed by atoms with Crippen LogP contribution in [0.2, 0.25) is 0 Å². The van der Waals surface area contributed by atoms with Crippen molar-refractivity contribution >= 4 is 11.0 Å². The molecule has 2 aromatic rings. The van der Waals surface area contributed by atoms with E-state index in [1.807, 2.05) is 6.92 Å². The van der Waals surface area contributed by atoms with Gasteiger partial charge in [0.2, 0.25) is 0 Å². The Kier molecular flexibility index (Phi) is 3.82. The van der Waals surface area contributed by atoms with Gasteiger partial charge in [0.25, 0.3) is 5.56 Å². The molecule has 0 saturated carbocycles. The molecular formula is C14H17F3N4O3. The lowest BCUT2D eigenvalue weighted by atomic mass is 9.83. The minimum absolute atomic E-state index is 0.0842. The summed E-state index contributed by atoms with van der Waals surface area (Å²) in [5, 5.41) is 3.63. The molecule has 132 valence electrons. The molecule has 10 heteroatoms. The number of hydrogen-bond donors (Lipinski definition) is 0. The minimum atomic E-state index is -4.52. The predicted molar refractivity (Wildman–Crippen MR) is 78.8 cm³/mol. The summed E-state index contributed by atoms with van der Waals surface area (Å²) in [5.41, 5.74) is -1.80. The maximum Gasteiger partial charge on any atom is 0.408 e. The van der Waals surface area contributed by atoms with Gasteiger partial charge in [-0.3, -0.25) is 13.9 Å². The SMILES string of the molecule is CCC1(Cn2c(=O)c3c(cnn3CC(F)(F)F)n(C)c2=O)COC1. The molecule has 1 aliphatic rings. The van der Waals surface area contributed by atoms with Crippen molar-refractivity contribution in [2.45, 2.75) is 32.6 Å². The first-order chi connectivity index (χ1) is 11.2. The van der Waals surface area contributed by atoms with E-state index in [0.717, 1.165) is 15.3 Å². The van der Waals surface area contributed by atoms with E-state index in [4.69, 9.17) is 4.74 Å². The highest BCUT2D eigenvalue weighted by Gasteiger charge is 2.38. The highest BCUT2D eigenvalue weighted by atomic mass is 19.4. The zero-order valence-corrected chi connectivity index (χ0v) is 13.3. The average molecular weight is 346 g/mol. The summed E-state index contributed by atoms with van der Waals surface area (Å²) in [6.07, 6.45) is -2.71. The first-order valence-electron chi connectivity index (χ1n) is 7.47. The number of hydrogen-bond acceptors (Lipinski definition) is 4. The molecule has 24 heavy (non-hydrogen) atoms. The van der Waals surface area contributed by atoms with Crippen LogP contribution in [-0.4, -0.2) is 38.3 Å². The van der Waals surface area contributed by atoms with E-state index in [-0.39, 0.29) is 23.0 Å². The van der Waals surface area contributed by atoms with Crippen LogP contribution in [-0.2, 0) is 24.9 Å². The van der Waals surface area contributed by atoms with Gasteiger partial charge in [0.15, 0.2) is 5.52 Å². The highest BCUT2D eigenvalue weighted by molar-refractivity contribution is 5.73. The van der Waals surface area contributed by atoms with Gasteiger partial charge >= 0.3 is 11.9 Å². The van der Waals surface area contributed by atoms with Crippen LogP contribution in [0.4, 0.5) is 13.2 Å². The number of halogens is 3. The van der Waals surface area contributed by atoms with Crippen molar-refractivity contribution in [1.29, 1.82) is 0 Å². The summed E-state index contributed by atoms with van der Waals surface area (Å²) < 4.78 is 46.0. The molecule has 0 radical (unpaired) electrons. The lowest BCUT2D eigenvalue weighted by Crippen LogP contribution is -2.51. The molecule has 1 aliphatic heterocycles. The van der Waals surface area contributed by atoms with Gasteiger partial charge < -0.3 is 4.74 Å². The topological polar surface area (TPSA) is 71.0 Å². The average Bonchev–Trinajstić information content (AvgIpc) is 2.85. The van der Waals surface area contributed by atoms with Gasteiger partial charge in [-0.25, -0.2) is 9.48 Å². The number of alkyl halides is 3. The van der Waals surface area contributed by atoms with Gasteiger partial charge in [-0.2, -0.15) is 18.3 Å². The standard InChI is InChI=1S/C14H17F3N4O3/c1-3-13(7-24-8-13)5-20-11(22)10-9(19(2)12(20)23)4-18-21(10)6-14(15,16)17/h4H,3,5-8H2,1-2H3. The van der Waals surface area contributed by atoms with Crippen LogP contribution in [0.15, 0.2) is 15.8 Å². The Bertz CT molecular complexity index is 884. The molecule has 3 heterocycles. The summed E-state index contributed by atoms with van der Waals surface area (Å²) in [6, 6.07) is 0. The summed E-state index contributed by atoms with van der Waals surface area (Å²) in [6.45, 7) is 1.48. The van der Waals surface area contributed by atoms with Crippen LogP contribution in [0.25, 0.3) is 11.0 Å². The second-order valence-corrected chi connectivity index (χ2v) is 6.23. The Hall–Kier alpha value is -2.10. The largest absolute Gasteiger partial charge is 0.408 e. The molecule has 0 spiro atoms. The zero-order valence-electron chi connectivity index (χ0n) is 13.3. The first kappa shape index (κ1) is 16.7. The number of rotatable bonds is 4. The van der Waals surface area contributed by atoms with E-state index >= 15 is 0 Å². The number of aromatic nitrogens is 4. The summed E-state index contributed by atoms with van der Waals surface area (Å²) in [7, 11) is 1.41. The first-order valence-corrected chi connectivity index (χ1v) is 7.47. The molecular weight excluding hydrogens is 329 g/mol. The van der Waals surface area contributed by atoms with Crippen molar-refractivity contribution in [2.75, 3.05) is 13.2 Å². The monoisotopic (exact) mass is 346 g/mol. The van der Waals surface area contributed by atoms with E-state index in [9.17, 15) is 22.8 Å². The molecule has 1 saturated heterocycles. The molecule has 2 aromatic heterocycles. The zero-order chi connectivity index (χ0) is 17.7. The Balaban J connectivity index is 2.18. The molecule has 0 amide bonds. The van der Waals surface area contributed by atoms with Crippen molar-refractivity contribution in [2.24, 2.45) is 12.5 Å². The molecule has 1 fully saturated rings. The molecule has 0 bridgehead atoms. The molecule has 0 N–H and O–H groups in total. The third kappa shape index (κ3) is 2.64. The Labute approximate surface area is 134 Å². The molecule has 0 aromatic carbocycles. The number of fused-ring (bicyclic) bond motifs is 1. The molecule has 0 aliphatic carbocycles. The van der Waals surface area contributed by atoms with Crippen LogP contribution in [0, 0.1) is 5.41 Å². The van der Waals surface area contributed by atoms with Crippen LogP contribution in [0.1, 0.15) is 13.3 Å². The van der Waals surface area contributed by atoms with Gasteiger partial charge in [-0.15, -0.1) is 0 Å². The molecule has 0 unspecified atom stereocenters. The van der Waals surface area contributed by atoms with Crippen LogP contribution in [0.3, 0.4) is 0 Å². The quantitative estimate of drug-likeness (QED) is 0.824. The van der Waals surface area contributed by atoms with Gasteiger partial charge in [-0.05, 0) is 6.42 Å². The summed E-state index contributed by atoms with van der Waals surface area (Å²) in [4.78, 5) is 25.1. The maximum atomic E-state index is 12.7. The molecule has 7 nitrogen and oxygen atoms in total. The van der Waals surface area contributed by atoms with Gasteiger partial charge in [0.05, 0.1) is 24.9 Å². The van der Waals surface area contributed by atoms with E-state index in [2.05, 4.69) is 5.10 Å². The third-order valence-electron chi connectivity index (χ3n) is 4.54. The predicted octanol–water partition coefficient (Wildman–Crippen LogP) is 0.886. The fourth-order valence-corrected chi connectivity index (χ4v) is 2.90. The van der Waals surface area contributed by atoms with Crippen LogP contribution < -0.4 is 11.2 Å². The Morgan fingerprint density at radius 3 is 2.50 bits per heavy atom. The Morgan fingerprint density at radius 1 is 1.33 bits per heavy atom. The van der Waals surface area contributed by atoms with Gasteiger partial charge in [0, 0.05) is 19.0 Å². The second kappa shape index (κ2) is 5.47. The number of ether oxygens (including phenoxy) is 1. The van der Waals surface area contributed by atoms with Crippen molar-refractivity contribution in [3.63, 3.8) is 0 Å². The number of aryl methyl sites for hydroxylation is 1. The molecule has 0 atom stereocenters. The lowest BCUT2D eigenvalue weighted by molar-refractivity contribution is -0.141. The normalized spacial score (nSPS) is 17.2. The maximum absolute atomic E-state index is 12.7. The van der Waals surface area contributed by atoms with Crippen molar-refractivity contribution in [1.82, 2.24) is 18.9 Å². The van der Waals surface area contributed by atoms with Crippen molar-refractivity contribution in [3.8, 4) is 0 Å². The fraction of sp³-hybridized carbons (Fsp3) is 0.643. The highest BCUT2D eigenvalue weighted by Crippen LogP contribution is 2.32. The second-order valence-electron chi connectivity index (χ2n) is 6.23. The van der Waals surface area contributed by atoms with Crippen LogP contribution in [0.5, 0.6) is 0 Å². The van der Waals surface area contributed by atoms with E-state index in [1.54, 1.807) is 0 Å². The smallest absolute Gasteiger partial charge is 0.380 e. The summed E-state index contributed by atoms with van der Waals surface area (Å²) >= 11 is 0. The Morgan fingerprint density at radius 2 is 2.00 bits per heavy atom. The molecule has 3 rings (SSSR count). The van der Waals surface area contributed by atoms with Crippen molar-refractivity contribution < 1.29 is 17.9 Å². The fourth-order valence-electron chi connectivity index (χ4n) is 2.90. The third-order valence-corrected chi connectivity index (χ3v) is 4.54. The summed E-state index contributed by atoms with van der Waals surface area (Å²) in [5.74, 6) is 0. The minimum Gasteiger partial charge on any atom is -0.380 e. The van der Waals surface area contributed by atoms with E-state index in [1.165, 1.54) is 7.05 Å². The van der Waals surface area contributed by atoms with Gasteiger partial charge in [0.1, 0.15) is 6.54 Å². The van der Waals surface area contributed by atoms with E-state index < -0.39 is 24.0 Å². The lowest BCUT2D eigenvalue weighted by Gasteiger charge is -2.40. The van der Waals surface area contributed by atoms with Crippen LogP contribution >= 0.6 is 0 Å². The van der Waals surface area contributed by atoms with E-state index in [0.29, 0.717) is 24.3 Å². The van der Waals surface area contributed by atoms with Crippen molar-refractivity contribution in [3.05, 3.63) is 27.0 Å². The van der Waals surface area contributed by atoms with Gasteiger partial charge in [-0.1, -0.05) is 6.92 Å².